The molecule has 0 radical (unpaired) electrons. The quantitative estimate of drug-likeness (QED) is 0.884. The van der Waals surface area contributed by atoms with E-state index in [1.807, 2.05) is 0 Å². The van der Waals surface area contributed by atoms with Crippen LogP contribution in [0.15, 0.2) is 23.1 Å². The van der Waals surface area contributed by atoms with Crippen LogP contribution >= 0.6 is 11.6 Å². The standard InChI is InChI=1S/C11H10ClF3N2O3S/c12-9-5-8(6-16)1-2-10(9)21(19,20)17(3-4-18)7-11(13,14)15/h1-2,5,18H,3-4,7H2. The minimum Gasteiger partial charge on any atom is -0.395 e. The first-order valence-corrected chi connectivity index (χ1v) is 7.31. The van der Waals surface area contributed by atoms with Gasteiger partial charge in [-0.25, -0.2) is 8.42 Å². The Morgan fingerprint density at radius 1 is 1.38 bits per heavy atom. The molecule has 0 aliphatic heterocycles. The van der Waals surface area contributed by atoms with Crippen LogP contribution in [0.25, 0.3) is 0 Å². The van der Waals surface area contributed by atoms with Crippen molar-refractivity contribution in [1.29, 1.82) is 5.26 Å². The zero-order valence-corrected chi connectivity index (χ0v) is 12.0. The maximum absolute atomic E-state index is 12.4. The third-order valence-corrected chi connectivity index (χ3v) is 4.71. The zero-order valence-electron chi connectivity index (χ0n) is 10.4. The maximum Gasteiger partial charge on any atom is 0.402 e. The van der Waals surface area contributed by atoms with E-state index in [4.69, 9.17) is 22.0 Å². The number of halogens is 4. The topological polar surface area (TPSA) is 81.4 Å². The molecule has 0 fully saturated rings. The van der Waals surface area contributed by atoms with Gasteiger partial charge in [-0.1, -0.05) is 11.6 Å². The van der Waals surface area contributed by atoms with Gasteiger partial charge in [0.1, 0.15) is 11.4 Å². The molecule has 1 N–H and O–H groups in total. The lowest BCUT2D eigenvalue weighted by Crippen LogP contribution is -2.40. The van der Waals surface area contributed by atoms with Gasteiger partial charge in [0, 0.05) is 6.54 Å². The van der Waals surface area contributed by atoms with E-state index < -0.39 is 40.8 Å². The van der Waals surface area contributed by atoms with Crippen molar-refractivity contribution >= 4 is 21.6 Å². The highest BCUT2D eigenvalue weighted by molar-refractivity contribution is 7.89. The molecule has 0 spiro atoms. The van der Waals surface area contributed by atoms with Crippen LogP contribution in [0.1, 0.15) is 5.56 Å². The van der Waals surface area contributed by atoms with E-state index in [1.165, 1.54) is 0 Å². The Hall–Kier alpha value is -1.34. The van der Waals surface area contributed by atoms with Crippen LogP contribution in [0.3, 0.4) is 0 Å². The molecule has 0 saturated heterocycles. The molecule has 1 aromatic carbocycles. The molecule has 0 amide bonds. The average Bonchev–Trinajstić information content (AvgIpc) is 2.36. The minimum absolute atomic E-state index is 0.0727. The molecule has 0 aliphatic rings. The molecular formula is C11H10ClF3N2O3S. The maximum atomic E-state index is 12.4. The SMILES string of the molecule is N#Cc1ccc(S(=O)(=O)N(CCO)CC(F)(F)F)c(Cl)c1. The fraction of sp³-hybridized carbons (Fsp3) is 0.364. The first-order valence-electron chi connectivity index (χ1n) is 5.49. The monoisotopic (exact) mass is 342 g/mol. The van der Waals surface area contributed by atoms with Crippen LogP contribution in [0.5, 0.6) is 0 Å². The number of nitrogens with zero attached hydrogens (tertiary/aromatic N) is 2. The predicted molar refractivity (Wildman–Crippen MR) is 68.1 cm³/mol. The van der Waals surface area contributed by atoms with Crippen molar-refractivity contribution in [2.75, 3.05) is 19.7 Å². The molecule has 116 valence electrons. The molecule has 1 aromatic rings. The molecule has 1 rings (SSSR count). The second-order valence-electron chi connectivity index (χ2n) is 3.93. The van der Waals surface area contributed by atoms with Crippen LogP contribution in [-0.4, -0.2) is 43.7 Å². The number of aliphatic hydroxyl groups is 1. The predicted octanol–water partition coefficient (Wildman–Crippen LogP) is 1.76. The molecule has 0 unspecified atom stereocenters. The Balaban J connectivity index is 3.26. The van der Waals surface area contributed by atoms with Crippen molar-refractivity contribution in [2.24, 2.45) is 0 Å². The molecule has 0 aromatic heterocycles. The van der Waals surface area contributed by atoms with Gasteiger partial charge in [0.2, 0.25) is 10.0 Å². The Morgan fingerprint density at radius 2 is 2.00 bits per heavy atom. The molecule has 0 bridgehead atoms. The van der Waals surface area contributed by atoms with Gasteiger partial charge in [0.15, 0.2) is 0 Å². The fourth-order valence-corrected chi connectivity index (χ4v) is 3.45. The van der Waals surface area contributed by atoms with Gasteiger partial charge in [-0.15, -0.1) is 0 Å². The molecule has 10 heteroatoms. The number of alkyl halides is 3. The third kappa shape index (κ3) is 4.57. The van der Waals surface area contributed by atoms with Gasteiger partial charge in [-0.3, -0.25) is 0 Å². The van der Waals surface area contributed by atoms with E-state index in [0.29, 0.717) is 0 Å². The summed E-state index contributed by atoms with van der Waals surface area (Å²) in [5.74, 6) is 0. The van der Waals surface area contributed by atoms with Crippen LogP contribution < -0.4 is 0 Å². The van der Waals surface area contributed by atoms with Crippen molar-refractivity contribution in [3.05, 3.63) is 28.8 Å². The van der Waals surface area contributed by atoms with Gasteiger partial charge in [-0.05, 0) is 18.2 Å². The molecular weight excluding hydrogens is 333 g/mol. The minimum atomic E-state index is -4.76. The lowest BCUT2D eigenvalue weighted by atomic mass is 10.2. The van der Waals surface area contributed by atoms with Gasteiger partial charge >= 0.3 is 6.18 Å². The summed E-state index contributed by atoms with van der Waals surface area (Å²) in [7, 11) is -4.54. The zero-order chi connectivity index (χ0) is 16.3. The highest BCUT2D eigenvalue weighted by Gasteiger charge is 2.37. The molecule has 0 saturated carbocycles. The highest BCUT2D eigenvalue weighted by Crippen LogP contribution is 2.28. The normalized spacial score (nSPS) is 12.4. The third-order valence-electron chi connectivity index (χ3n) is 2.38. The smallest absolute Gasteiger partial charge is 0.395 e. The largest absolute Gasteiger partial charge is 0.402 e. The first kappa shape index (κ1) is 17.7. The Labute approximate surface area is 124 Å². The summed E-state index contributed by atoms with van der Waals surface area (Å²) in [5, 5.41) is 17.0. The van der Waals surface area contributed by atoms with Gasteiger partial charge in [-0.2, -0.15) is 22.7 Å². The molecule has 0 atom stereocenters. The van der Waals surface area contributed by atoms with Crippen molar-refractivity contribution in [1.82, 2.24) is 4.31 Å². The van der Waals surface area contributed by atoms with Crippen LogP contribution in [0.4, 0.5) is 13.2 Å². The van der Waals surface area contributed by atoms with E-state index in [2.05, 4.69) is 0 Å². The van der Waals surface area contributed by atoms with Gasteiger partial charge in [0.25, 0.3) is 0 Å². The highest BCUT2D eigenvalue weighted by atomic mass is 35.5. The van der Waals surface area contributed by atoms with Crippen molar-refractivity contribution < 1.29 is 26.7 Å². The summed E-state index contributed by atoms with van der Waals surface area (Å²) < 4.78 is 61.7. The number of sulfonamides is 1. The summed E-state index contributed by atoms with van der Waals surface area (Å²) >= 11 is 5.71. The molecule has 0 heterocycles. The summed E-state index contributed by atoms with van der Waals surface area (Å²) in [6.45, 7) is -3.24. The van der Waals surface area contributed by atoms with Crippen LogP contribution in [0, 0.1) is 11.3 Å². The average molecular weight is 343 g/mol. The van der Waals surface area contributed by atoms with Crippen molar-refractivity contribution in [3.63, 3.8) is 0 Å². The lowest BCUT2D eigenvalue weighted by Gasteiger charge is -2.23. The second kappa shape index (κ2) is 6.62. The fourth-order valence-electron chi connectivity index (χ4n) is 1.51. The summed E-state index contributed by atoms with van der Waals surface area (Å²) in [5.41, 5.74) is 0.0727. The van der Waals surface area contributed by atoms with Crippen molar-refractivity contribution in [3.8, 4) is 6.07 Å². The van der Waals surface area contributed by atoms with Crippen LogP contribution in [-0.2, 0) is 10.0 Å². The summed E-state index contributed by atoms with van der Waals surface area (Å²) in [4.78, 5) is -0.555. The summed E-state index contributed by atoms with van der Waals surface area (Å²) in [6, 6.07) is 4.85. The lowest BCUT2D eigenvalue weighted by molar-refractivity contribution is -0.136. The number of benzene rings is 1. The summed E-state index contributed by atoms with van der Waals surface area (Å²) in [6.07, 6.45) is -4.76. The Kier molecular flexibility index (Phi) is 5.58. The molecule has 5 nitrogen and oxygen atoms in total. The molecule has 21 heavy (non-hydrogen) atoms. The number of aliphatic hydroxyl groups excluding tert-OH is 1. The van der Waals surface area contributed by atoms with Gasteiger partial charge < -0.3 is 5.11 Å². The van der Waals surface area contributed by atoms with E-state index in [-0.39, 0.29) is 14.9 Å². The van der Waals surface area contributed by atoms with Crippen molar-refractivity contribution in [2.45, 2.75) is 11.1 Å². The first-order chi connectivity index (χ1) is 9.61. The molecule has 0 aliphatic carbocycles. The van der Waals surface area contributed by atoms with E-state index in [0.717, 1.165) is 18.2 Å². The van der Waals surface area contributed by atoms with E-state index in [9.17, 15) is 21.6 Å². The number of rotatable bonds is 5. The Morgan fingerprint density at radius 3 is 2.43 bits per heavy atom. The number of hydrogen-bond acceptors (Lipinski definition) is 4. The van der Waals surface area contributed by atoms with Crippen LogP contribution in [0.2, 0.25) is 5.02 Å². The Bertz CT molecular complexity index is 656. The number of nitriles is 1. The van der Waals surface area contributed by atoms with Gasteiger partial charge in [0.05, 0.1) is 23.3 Å². The second-order valence-corrected chi connectivity index (χ2v) is 6.25. The van der Waals surface area contributed by atoms with E-state index >= 15 is 0 Å². The number of hydrogen-bond donors (Lipinski definition) is 1. The van der Waals surface area contributed by atoms with E-state index in [1.54, 1.807) is 6.07 Å².